The van der Waals surface area contributed by atoms with Crippen LogP contribution in [0.4, 0.5) is 11.5 Å². The smallest absolute Gasteiger partial charge is 0.147 e. The Bertz CT molecular complexity index is 976. The number of nitrogen functional groups attached to an aromatic ring is 1. The molecule has 6 heteroatoms. The number of benzene rings is 2. The first-order valence-electron chi connectivity index (χ1n) is 9.69. The van der Waals surface area contributed by atoms with E-state index in [1.165, 1.54) is 0 Å². The number of nitrogens with one attached hydrogen (secondary N) is 1. The van der Waals surface area contributed by atoms with Crippen molar-refractivity contribution in [1.29, 1.82) is 0 Å². The number of rotatable bonds is 10. The van der Waals surface area contributed by atoms with Crippen molar-refractivity contribution in [2.75, 3.05) is 24.8 Å². The van der Waals surface area contributed by atoms with Crippen molar-refractivity contribution in [3.8, 4) is 11.5 Å². The van der Waals surface area contributed by atoms with Gasteiger partial charge in [-0.05, 0) is 36.8 Å². The van der Waals surface area contributed by atoms with Crippen LogP contribution in [0.5, 0.6) is 11.5 Å². The van der Waals surface area contributed by atoms with Gasteiger partial charge in [-0.25, -0.2) is 4.98 Å². The molecule has 3 rings (SSSR count). The van der Waals surface area contributed by atoms with Crippen LogP contribution < -0.4 is 20.5 Å². The van der Waals surface area contributed by atoms with Crippen molar-refractivity contribution >= 4 is 17.2 Å². The Morgan fingerprint density at radius 3 is 2.60 bits per heavy atom. The second-order valence-corrected chi connectivity index (χ2v) is 6.89. The van der Waals surface area contributed by atoms with E-state index in [-0.39, 0.29) is 6.10 Å². The van der Waals surface area contributed by atoms with Gasteiger partial charge in [-0.1, -0.05) is 36.9 Å². The van der Waals surface area contributed by atoms with Gasteiger partial charge in [0, 0.05) is 30.6 Å². The zero-order valence-electron chi connectivity index (χ0n) is 17.3. The fraction of sp³-hybridized carbons (Fsp3) is 0.208. The van der Waals surface area contributed by atoms with Crippen LogP contribution in [-0.4, -0.2) is 24.8 Å². The maximum absolute atomic E-state index is 6.02. The molecular formula is C24H27N3O3. The molecule has 0 bridgehead atoms. The number of anilines is 2. The number of methoxy groups -OCH3 is 1. The maximum Gasteiger partial charge on any atom is 0.147 e. The molecule has 3 N–H and O–H groups in total. The molecule has 0 saturated carbocycles. The second-order valence-electron chi connectivity index (χ2n) is 6.89. The molecule has 1 atom stereocenters. The summed E-state index contributed by atoms with van der Waals surface area (Å²) in [6.45, 7) is 7.03. The Morgan fingerprint density at radius 1 is 1.10 bits per heavy atom. The third-order valence-corrected chi connectivity index (χ3v) is 4.34. The minimum atomic E-state index is -0.109. The van der Waals surface area contributed by atoms with Crippen molar-refractivity contribution in [3.05, 3.63) is 84.6 Å². The van der Waals surface area contributed by atoms with Crippen LogP contribution >= 0.6 is 0 Å². The van der Waals surface area contributed by atoms with E-state index in [1.807, 2.05) is 67.6 Å². The fourth-order valence-electron chi connectivity index (χ4n) is 2.90. The summed E-state index contributed by atoms with van der Waals surface area (Å²) < 4.78 is 17.2. The molecule has 0 unspecified atom stereocenters. The van der Waals surface area contributed by atoms with Gasteiger partial charge in [0.2, 0.25) is 0 Å². The number of hydrogen-bond donors (Lipinski definition) is 2. The van der Waals surface area contributed by atoms with Crippen LogP contribution in [-0.2, 0) is 11.3 Å². The number of ether oxygens (including phenoxy) is 3. The molecule has 0 aliphatic carbocycles. The maximum atomic E-state index is 6.02. The molecule has 0 saturated heterocycles. The first-order valence-corrected chi connectivity index (χ1v) is 9.69. The lowest BCUT2D eigenvalue weighted by atomic mass is 10.1. The van der Waals surface area contributed by atoms with Crippen LogP contribution in [0, 0.1) is 0 Å². The van der Waals surface area contributed by atoms with Crippen molar-refractivity contribution < 1.29 is 14.2 Å². The van der Waals surface area contributed by atoms with Crippen LogP contribution in [0.1, 0.15) is 18.1 Å². The largest absolute Gasteiger partial charge is 0.489 e. The van der Waals surface area contributed by atoms with Gasteiger partial charge in [0.15, 0.2) is 0 Å². The summed E-state index contributed by atoms with van der Waals surface area (Å²) >= 11 is 0. The van der Waals surface area contributed by atoms with E-state index in [0.29, 0.717) is 41.9 Å². The standard InChI is InChI=1S/C24H27N3O3/c1-17(15-28-3)30-22-13-20(18(2)27-23-10-7-11-26-24(23)25)12-21(14-22)29-16-19-8-5-4-6-9-19/h4-14,17,27H,2,15-16H2,1,3H3,(H2,25,26)/t17-/m0/s1. The summed E-state index contributed by atoms with van der Waals surface area (Å²) in [5.74, 6) is 1.75. The Morgan fingerprint density at radius 2 is 1.87 bits per heavy atom. The highest BCUT2D eigenvalue weighted by atomic mass is 16.5. The van der Waals surface area contributed by atoms with E-state index in [2.05, 4.69) is 16.9 Å². The van der Waals surface area contributed by atoms with E-state index < -0.39 is 0 Å². The van der Waals surface area contributed by atoms with E-state index in [0.717, 1.165) is 11.1 Å². The molecule has 30 heavy (non-hydrogen) atoms. The van der Waals surface area contributed by atoms with Crippen LogP contribution in [0.15, 0.2) is 73.4 Å². The molecule has 0 radical (unpaired) electrons. The molecule has 3 aromatic rings. The topological polar surface area (TPSA) is 78.6 Å². The lowest BCUT2D eigenvalue weighted by Gasteiger charge is -2.18. The minimum absolute atomic E-state index is 0.109. The highest BCUT2D eigenvalue weighted by Crippen LogP contribution is 2.29. The van der Waals surface area contributed by atoms with Crippen molar-refractivity contribution in [2.45, 2.75) is 19.6 Å². The van der Waals surface area contributed by atoms with E-state index in [4.69, 9.17) is 19.9 Å². The molecule has 0 amide bonds. The molecule has 0 aliphatic rings. The Hall–Kier alpha value is -3.51. The third-order valence-electron chi connectivity index (χ3n) is 4.34. The minimum Gasteiger partial charge on any atom is -0.489 e. The SMILES string of the molecule is C=C(Nc1cccnc1N)c1cc(OCc2ccccc2)cc(O[C@@H](C)COC)c1. The summed E-state index contributed by atoms with van der Waals surface area (Å²) in [6.07, 6.45) is 1.53. The summed E-state index contributed by atoms with van der Waals surface area (Å²) in [6, 6.07) is 19.3. The van der Waals surface area contributed by atoms with Gasteiger partial charge in [0.1, 0.15) is 30.0 Å². The molecule has 1 heterocycles. The normalized spacial score (nSPS) is 11.5. The van der Waals surface area contributed by atoms with Crippen molar-refractivity contribution in [3.63, 3.8) is 0 Å². The Balaban J connectivity index is 1.82. The Kier molecular flexibility index (Phi) is 7.29. The number of nitrogens with zero attached hydrogens (tertiary/aromatic N) is 1. The average molecular weight is 405 g/mol. The zero-order chi connectivity index (χ0) is 21.3. The highest BCUT2D eigenvalue weighted by molar-refractivity contribution is 5.80. The third kappa shape index (κ3) is 5.99. The molecule has 2 aromatic carbocycles. The van der Waals surface area contributed by atoms with Crippen molar-refractivity contribution in [2.24, 2.45) is 0 Å². The molecule has 156 valence electrons. The predicted molar refractivity (Wildman–Crippen MR) is 120 cm³/mol. The van der Waals surface area contributed by atoms with Gasteiger partial charge in [0.05, 0.1) is 12.3 Å². The summed E-state index contributed by atoms with van der Waals surface area (Å²) in [5, 5.41) is 3.22. The Labute approximate surface area is 177 Å². The molecule has 0 fully saturated rings. The van der Waals surface area contributed by atoms with Gasteiger partial charge in [-0.2, -0.15) is 0 Å². The highest BCUT2D eigenvalue weighted by Gasteiger charge is 2.11. The molecule has 0 spiro atoms. The van der Waals surface area contributed by atoms with E-state index in [9.17, 15) is 0 Å². The van der Waals surface area contributed by atoms with Crippen LogP contribution in [0.2, 0.25) is 0 Å². The van der Waals surface area contributed by atoms with Gasteiger partial charge in [-0.15, -0.1) is 0 Å². The molecule has 6 nitrogen and oxygen atoms in total. The number of aromatic nitrogens is 1. The molecule has 0 aliphatic heterocycles. The van der Waals surface area contributed by atoms with E-state index in [1.54, 1.807) is 13.3 Å². The summed E-state index contributed by atoms with van der Waals surface area (Å²) in [4.78, 5) is 4.09. The zero-order valence-corrected chi connectivity index (χ0v) is 17.3. The monoisotopic (exact) mass is 405 g/mol. The molecule has 1 aromatic heterocycles. The van der Waals surface area contributed by atoms with Gasteiger partial charge in [-0.3, -0.25) is 0 Å². The lowest BCUT2D eigenvalue weighted by Crippen LogP contribution is -2.18. The second kappa shape index (κ2) is 10.3. The summed E-state index contributed by atoms with van der Waals surface area (Å²) in [5.41, 5.74) is 9.19. The predicted octanol–water partition coefficient (Wildman–Crippen LogP) is 4.74. The van der Waals surface area contributed by atoms with Gasteiger partial charge < -0.3 is 25.3 Å². The van der Waals surface area contributed by atoms with Crippen molar-refractivity contribution in [1.82, 2.24) is 4.98 Å². The number of hydrogen-bond acceptors (Lipinski definition) is 6. The summed E-state index contributed by atoms with van der Waals surface area (Å²) in [7, 11) is 1.65. The van der Waals surface area contributed by atoms with E-state index >= 15 is 0 Å². The fourth-order valence-corrected chi connectivity index (χ4v) is 2.90. The van der Waals surface area contributed by atoms with Crippen LogP contribution in [0.25, 0.3) is 5.70 Å². The lowest BCUT2D eigenvalue weighted by molar-refractivity contribution is 0.0918. The quantitative estimate of drug-likeness (QED) is 0.507. The average Bonchev–Trinajstić information content (AvgIpc) is 2.74. The van der Waals surface area contributed by atoms with Gasteiger partial charge in [0.25, 0.3) is 0 Å². The number of pyridine rings is 1. The van der Waals surface area contributed by atoms with Gasteiger partial charge >= 0.3 is 0 Å². The first kappa shape index (κ1) is 21.2. The molecular weight excluding hydrogens is 378 g/mol. The first-order chi connectivity index (χ1) is 14.5. The number of nitrogens with two attached hydrogens (primary N) is 1. The van der Waals surface area contributed by atoms with Crippen LogP contribution in [0.3, 0.4) is 0 Å².